The summed E-state index contributed by atoms with van der Waals surface area (Å²) in [6.07, 6.45) is -1.01. The Bertz CT molecular complexity index is 1340. The second-order valence-electron chi connectivity index (χ2n) is 10.5. The van der Waals surface area contributed by atoms with E-state index in [1.165, 1.54) is 42.5 Å². The zero-order valence-corrected chi connectivity index (χ0v) is 23.8. The van der Waals surface area contributed by atoms with Crippen LogP contribution >= 0.6 is 0 Å². The van der Waals surface area contributed by atoms with E-state index in [0.717, 1.165) is 0 Å². The lowest BCUT2D eigenvalue weighted by Gasteiger charge is -2.33. The van der Waals surface area contributed by atoms with Gasteiger partial charge >= 0.3 is 12.2 Å². The molecule has 0 atom stereocenters. The van der Waals surface area contributed by atoms with Gasteiger partial charge in [-0.15, -0.1) is 20.2 Å². The van der Waals surface area contributed by atoms with E-state index in [1.54, 1.807) is 25.7 Å². The average Bonchev–Trinajstić information content (AvgIpc) is 2.91. The molecule has 1 fully saturated rings. The second-order valence-corrected chi connectivity index (χ2v) is 10.5. The van der Waals surface area contributed by atoms with Crippen LogP contribution in [0.15, 0.2) is 42.5 Å². The number of carbonyl (C=O) groups is 3. The van der Waals surface area contributed by atoms with Crippen molar-refractivity contribution in [2.45, 2.75) is 64.9 Å². The van der Waals surface area contributed by atoms with Crippen LogP contribution in [0.5, 0.6) is 11.5 Å². The third kappa shape index (κ3) is 11.0. The molecule has 0 aromatic heterocycles. The minimum Gasteiger partial charge on any atom is -0.444 e. The summed E-state index contributed by atoms with van der Waals surface area (Å²) < 4.78 is 15.8. The Labute approximate surface area is 246 Å². The van der Waals surface area contributed by atoms with Crippen molar-refractivity contribution in [3.8, 4) is 11.5 Å². The normalized spacial score (nSPS) is 13.4. The molecule has 3 rings (SSSR count). The van der Waals surface area contributed by atoms with Crippen LogP contribution in [0.25, 0.3) is 0 Å². The summed E-state index contributed by atoms with van der Waals surface area (Å²) in [4.78, 5) is 69.6. The number of nitrogens with one attached hydrogen (secondary N) is 1. The van der Waals surface area contributed by atoms with Gasteiger partial charge in [-0.25, -0.2) is 9.59 Å². The molecule has 0 bridgehead atoms. The lowest BCUT2D eigenvalue weighted by atomic mass is 10.0. The minimum absolute atomic E-state index is 0.0165. The fourth-order valence-corrected chi connectivity index (χ4v) is 4.21. The van der Waals surface area contributed by atoms with E-state index < -0.39 is 34.6 Å². The number of piperidine rings is 1. The predicted octanol–water partition coefficient (Wildman–Crippen LogP) is 3.74. The van der Waals surface area contributed by atoms with Gasteiger partial charge in [0.25, 0.3) is 10.2 Å². The number of carbonyl (C=O) groups excluding carboxylic acids is 3. The molecule has 2 aromatic rings. The molecule has 2 amide bonds. The molecule has 1 heterocycles. The van der Waals surface area contributed by atoms with Crippen molar-refractivity contribution in [2.24, 2.45) is 0 Å². The molecule has 1 saturated heterocycles. The molecule has 0 aliphatic carbocycles. The van der Waals surface area contributed by atoms with Crippen molar-refractivity contribution in [1.82, 2.24) is 10.2 Å². The summed E-state index contributed by atoms with van der Waals surface area (Å²) in [5.41, 5.74) is 0.152. The molecule has 0 unspecified atom stereocenters. The van der Waals surface area contributed by atoms with E-state index in [0.29, 0.717) is 31.5 Å². The quantitative estimate of drug-likeness (QED) is 0.169. The van der Waals surface area contributed by atoms with Gasteiger partial charge in [-0.1, -0.05) is 24.3 Å². The first-order valence-electron chi connectivity index (χ1n) is 13.2. The maximum absolute atomic E-state index is 13.3. The Morgan fingerprint density at radius 2 is 1.60 bits per heavy atom. The third-order valence-electron chi connectivity index (χ3n) is 6.08. The van der Waals surface area contributed by atoms with Gasteiger partial charge in [0.1, 0.15) is 30.3 Å². The monoisotopic (exact) mass is 604 g/mol. The van der Waals surface area contributed by atoms with Gasteiger partial charge in [0.05, 0.1) is 6.42 Å². The van der Waals surface area contributed by atoms with Crippen LogP contribution in [0.2, 0.25) is 0 Å². The highest BCUT2D eigenvalue weighted by molar-refractivity contribution is 5.81. The standard InChI is InChI=1S/C27H32N4O12/c1-27(2,3)43-25(33)28-20-10-12-29(13-11-20)24(32)15-22-19(17-40-31(37)38)7-5-9-23(22)42-26(34)41-21-8-4-6-18(14-21)16-39-30(35)36/h4-9,14,20H,10-13,15-17H2,1-3H3,(H,28,33). The fraction of sp³-hybridized carbons (Fsp3) is 0.444. The van der Waals surface area contributed by atoms with Gasteiger partial charge < -0.3 is 34.1 Å². The van der Waals surface area contributed by atoms with Crippen molar-refractivity contribution in [3.63, 3.8) is 0 Å². The van der Waals surface area contributed by atoms with E-state index in [1.807, 2.05) is 0 Å². The molecule has 0 saturated carbocycles. The molecule has 1 N–H and O–H groups in total. The number of nitrogens with zero attached hydrogens (tertiary/aromatic N) is 3. The first kappa shape index (κ1) is 32.4. The van der Waals surface area contributed by atoms with Gasteiger partial charge in [0, 0.05) is 24.7 Å². The van der Waals surface area contributed by atoms with Gasteiger partial charge in [0.2, 0.25) is 5.91 Å². The summed E-state index contributed by atoms with van der Waals surface area (Å²) in [6, 6.07) is 9.98. The molecular weight excluding hydrogens is 572 g/mol. The van der Waals surface area contributed by atoms with E-state index in [4.69, 9.17) is 14.2 Å². The molecule has 16 heteroatoms. The fourth-order valence-electron chi connectivity index (χ4n) is 4.21. The summed E-state index contributed by atoms with van der Waals surface area (Å²) in [7, 11) is 0. The van der Waals surface area contributed by atoms with Crippen LogP contribution in [-0.4, -0.2) is 58.0 Å². The molecule has 1 aliphatic rings. The Balaban J connectivity index is 1.68. The third-order valence-corrected chi connectivity index (χ3v) is 6.08. The van der Waals surface area contributed by atoms with E-state index in [2.05, 4.69) is 15.0 Å². The highest BCUT2D eigenvalue weighted by Crippen LogP contribution is 2.27. The van der Waals surface area contributed by atoms with Crippen LogP contribution in [-0.2, 0) is 38.8 Å². The predicted molar refractivity (Wildman–Crippen MR) is 146 cm³/mol. The van der Waals surface area contributed by atoms with Crippen molar-refractivity contribution < 1.29 is 48.4 Å². The molecule has 0 radical (unpaired) electrons. The van der Waals surface area contributed by atoms with Gasteiger partial charge in [-0.2, -0.15) is 0 Å². The number of ether oxygens (including phenoxy) is 3. The molecule has 43 heavy (non-hydrogen) atoms. The molecule has 16 nitrogen and oxygen atoms in total. The van der Waals surface area contributed by atoms with E-state index >= 15 is 0 Å². The molecule has 2 aromatic carbocycles. The summed E-state index contributed by atoms with van der Waals surface area (Å²) in [5.74, 6) is -0.388. The number of hydrogen-bond acceptors (Lipinski definition) is 12. The van der Waals surface area contributed by atoms with Crippen LogP contribution in [0.1, 0.15) is 50.3 Å². The Kier molecular flexibility index (Phi) is 11.0. The molecular formula is C27H32N4O12. The Hall–Kier alpha value is -5.15. The van der Waals surface area contributed by atoms with Crippen LogP contribution in [0.4, 0.5) is 9.59 Å². The van der Waals surface area contributed by atoms with Gasteiger partial charge in [-0.05, 0) is 62.9 Å². The lowest BCUT2D eigenvalue weighted by Crippen LogP contribution is -2.48. The SMILES string of the molecule is CC(C)(C)OC(=O)NC1CCN(C(=O)Cc2c(CO[N+](=O)[O-])cccc2OC(=O)Oc2cccc(CO[N+](=O)[O-])c2)CC1. The van der Waals surface area contributed by atoms with Crippen molar-refractivity contribution in [2.75, 3.05) is 13.1 Å². The minimum atomic E-state index is -1.18. The maximum atomic E-state index is 13.3. The van der Waals surface area contributed by atoms with Crippen LogP contribution in [0.3, 0.4) is 0 Å². The lowest BCUT2D eigenvalue weighted by molar-refractivity contribution is -0.763. The smallest absolute Gasteiger partial charge is 0.444 e. The van der Waals surface area contributed by atoms with Gasteiger partial charge in [0.15, 0.2) is 0 Å². The zero-order valence-electron chi connectivity index (χ0n) is 23.8. The van der Waals surface area contributed by atoms with Gasteiger partial charge in [-0.3, -0.25) is 4.79 Å². The highest BCUT2D eigenvalue weighted by atomic mass is 17.0. The van der Waals surface area contributed by atoms with Crippen molar-refractivity contribution in [1.29, 1.82) is 0 Å². The largest absolute Gasteiger partial charge is 0.519 e. The number of hydrogen-bond donors (Lipinski definition) is 1. The number of rotatable bonds is 11. The summed E-state index contributed by atoms with van der Waals surface area (Å²) in [6.45, 7) is 5.09. The Morgan fingerprint density at radius 3 is 2.26 bits per heavy atom. The summed E-state index contributed by atoms with van der Waals surface area (Å²) >= 11 is 0. The topological polar surface area (TPSA) is 199 Å². The molecule has 1 aliphatic heterocycles. The van der Waals surface area contributed by atoms with E-state index in [9.17, 15) is 34.6 Å². The first-order valence-corrected chi connectivity index (χ1v) is 13.2. The average molecular weight is 605 g/mol. The summed E-state index contributed by atoms with van der Waals surface area (Å²) in [5, 5.41) is 22.1. The second kappa shape index (κ2) is 14.7. The highest BCUT2D eigenvalue weighted by Gasteiger charge is 2.27. The molecule has 0 spiro atoms. The number of likely N-dealkylation sites (tertiary alicyclic amines) is 1. The van der Waals surface area contributed by atoms with Crippen LogP contribution < -0.4 is 14.8 Å². The van der Waals surface area contributed by atoms with Crippen LogP contribution in [0, 0.1) is 20.2 Å². The first-order chi connectivity index (χ1) is 20.3. The maximum Gasteiger partial charge on any atom is 0.519 e. The Morgan fingerprint density at radius 1 is 0.953 bits per heavy atom. The zero-order chi connectivity index (χ0) is 31.6. The van der Waals surface area contributed by atoms with Crippen molar-refractivity contribution in [3.05, 3.63) is 79.4 Å². The number of alkyl carbamates (subject to hydrolysis) is 1. The number of benzene rings is 2. The van der Waals surface area contributed by atoms with Crippen molar-refractivity contribution >= 4 is 18.2 Å². The number of amides is 2. The molecule has 232 valence electrons. The van der Waals surface area contributed by atoms with E-state index in [-0.39, 0.29) is 47.6 Å².